The van der Waals surface area contributed by atoms with E-state index in [4.69, 9.17) is 57.2 Å². The maximum atomic E-state index is 5.03. The van der Waals surface area contributed by atoms with Crippen molar-refractivity contribution >= 4 is 57.2 Å². The van der Waals surface area contributed by atoms with Crippen molar-refractivity contribution in [3.63, 3.8) is 0 Å². The van der Waals surface area contributed by atoms with Crippen LogP contribution < -0.4 is 29.6 Å². The van der Waals surface area contributed by atoms with Crippen molar-refractivity contribution in [1.29, 1.82) is 0 Å². The Morgan fingerprint density at radius 2 is 0.625 bits per heavy atom. The van der Waals surface area contributed by atoms with Gasteiger partial charge in [-0.1, -0.05) is 0 Å². The van der Waals surface area contributed by atoms with Gasteiger partial charge in [-0.2, -0.15) is 0 Å². The summed E-state index contributed by atoms with van der Waals surface area (Å²) in [5, 5.41) is 0. The Labute approximate surface area is 91.8 Å². The monoisotopic (exact) mass is 339 g/mol. The summed E-state index contributed by atoms with van der Waals surface area (Å²) in [5.74, 6) is 0. The van der Waals surface area contributed by atoms with Crippen molar-refractivity contribution in [2.75, 3.05) is 0 Å². The molecule has 0 spiro atoms. The zero-order valence-corrected chi connectivity index (χ0v) is 11.7. The average Bonchev–Trinajstić information content (AvgIpc) is 0.592. The molecule has 53 valence electrons. The van der Waals surface area contributed by atoms with Crippen LogP contribution in [0.1, 0.15) is 0 Å². The summed E-state index contributed by atoms with van der Waals surface area (Å²) in [6, 6.07) is 0. The van der Waals surface area contributed by atoms with Crippen LogP contribution in [0.4, 0.5) is 0 Å². The molecule has 0 aromatic carbocycles. The van der Waals surface area contributed by atoms with Crippen molar-refractivity contribution in [3.05, 3.63) is 0 Å². The van der Waals surface area contributed by atoms with Gasteiger partial charge in [-0.25, -0.2) is 0 Å². The Balaban J connectivity index is 0. The van der Waals surface area contributed by atoms with Gasteiger partial charge in [0, 0.05) is 0 Å². The molecular formula is Cl6NaPd. The fourth-order valence-corrected chi connectivity index (χ4v) is 0. The summed E-state index contributed by atoms with van der Waals surface area (Å²) in [6.07, 6.45) is 0. The first-order valence-electron chi connectivity index (χ1n) is 0.717. The fraction of sp³-hybridized carbons (Fsp3) is 0. The molecule has 0 aliphatic rings. The minimum Gasteiger partial charge on any atom is 1.00 e. The van der Waals surface area contributed by atoms with Crippen molar-refractivity contribution in [2.24, 2.45) is 0 Å². The quantitative estimate of drug-likeness (QED) is 0.580. The Bertz CT molecular complexity index is 67.1. The van der Waals surface area contributed by atoms with E-state index in [1.165, 1.54) is 0 Å². The van der Waals surface area contributed by atoms with Crippen LogP contribution in [0, 0.1) is 0 Å². The molecule has 8 heavy (non-hydrogen) atoms. The van der Waals surface area contributed by atoms with Crippen LogP contribution in [0.15, 0.2) is 0 Å². The van der Waals surface area contributed by atoms with Gasteiger partial charge >= 0.3 is 93.7 Å². The summed E-state index contributed by atoms with van der Waals surface area (Å²) < 4.78 is 0. The molecule has 0 saturated carbocycles. The average molecular weight is 342 g/mol. The minimum absolute atomic E-state index is 0. The maximum absolute atomic E-state index is 5.08. The molecule has 0 fully saturated rings. The molecule has 0 aromatic rings. The van der Waals surface area contributed by atoms with Crippen LogP contribution >= 0.6 is 57.2 Å². The van der Waals surface area contributed by atoms with Crippen molar-refractivity contribution < 1.29 is 36.5 Å². The predicted octanol–water partition coefficient (Wildman–Crippen LogP) is 1.14. The second-order valence-electron chi connectivity index (χ2n) is 0.678. The molecule has 0 heterocycles. The first-order chi connectivity index (χ1) is 2.45. The molecule has 0 aromatic heterocycles. The van der Waals surface area contributed by atoms with E-state index < -0.39 is 6.97 Å². The first kappa shape index (κ1) is 14.0. The summed E-state index contributed by atoms with van der Waals surface area (Å²) in [7, 11) is 30.2. The van der Waals surface area contributed by atoms with E-state index >= 15 is 0 Å². The van der Waals surface area contributed by atoms with Crippen LogP contribution in [0.3, 0.4) is 0 Å². The van der Waals surface area contributed by atoms with Crippen LogP contribution in [0.25, 0.3) is 0 Å². The van der Waals surface area contributed by atoms with Crippen molar-refractivity contribution in [3.8, 4) is 0 Å². The van der Waals surface area contributed by atoms with Gasteiger partial charge in [0.25, 0.3) is 0 Å². The van der Waals surface area contributed by atoms with Gasteiger partial charge in [0.15, 0.2) is 0 Å². The molecule has 0 bridgehead atoms. The van der Waals surface area contributed by atoms with Gasteiger partial charge in [0.2, 0.25) is 0 Å². The predicted molar refractivity (Wildman–Crippen MR) is 35.1 cm³/mol. The van der Waals surface area contributed by atoms with Crippen LogP contribution in [-0.4, -0.2) is 0 Å². The van der Waals surface area contributed by atoms with Crippen LogP contribution in [0.2, 0.25) is 0 Å². The molecule has 8 heteroatoms. The van der Waals surface area contributed by atoms with E-state index in [1.807, 2.05) is 0 Å². The molecule has 0 rings (SSSR count). The molecule has 0 N–H and O–H groups in total. The van der Waals surface area contributed by atoms with Gasteiger partial charge in [-0.15, -0.1) is 0 Å². The van der Waals surface area contributed by atoms with Gasteiger partial charge in [0.1, 0.15) is 0 Å². The summed E-state index contributed by atoms with van der Waals surface area (Å²) >= 11 is 0. The Kier molecular flexibility index (Phi) is 4.74. The Morgan fingerprint density at radius 1 is 0.625 bits per heavy atom. The van der Waals surface area contributed by atoms with Crippen molar-refractivity contribution in [2.45, 2.75) is 0 Å². The molecule has 0 nitrogen and oxygen atoms in total. The maximum Gasteiger partial charge on any atom is 1.00 e. The third-order valence-corrected chi connectivity index (χ3v) is 0. The second-order valence-corrected chi connectivity index (χ2v) is 36.1. The zero-order valence-electron chi connectivity index (χ0n) is 3.58. The van der Waals surface area contributed by atoms with E-state index in [2.05, 4.69) is 0 Å². The van der Waals surface area contributed by atoms with E-state index in [9.17, 15) is 0 Å². The van der Waals surface area contributed by atoms with E-state index in [0.717, 1.165) is 0 Å². The number of rotatable bonds is 0. The van der Waals surface area contributed by atoms with Gasteiger partial charge in [0.05, 0.1) is 0 Å². The number of hydrogen-bond donors (Lipinski definition) is 0. The topological polar surface area (TPSA) is 0 Å². The molecule has 0 aliphatic carbocycles. The summed E-state index contributed by atoms with van der Waals surface area (Å²) in [4.78, 5) is 0. The number of hydrogen-bond acceptors (Lipinski definition) is 0. The smallest absolute Gasteiger partial charge is 1.00 e. The Morgan fingerprint density at radius 3 is 0.625 bits per heavy atom. The van der Waals surface area contributed by atoms with Gasteiger partial charge < -0.3 is 0 Å². The molecule has 0 aliphatic heterocycles. The third kappa shape index (κ3) is 57.3. The first-order valence-corrected chi connectivity index (χ1v) is 12.7. The summed E-state index contributed by atoms with van der Waals surface area (Å²) in [6.45, 7) is -5.08. The second kappa shape index (κ2) is 2.72. The molecule has 0 radical (unpaired) electrons. The van der Waals surface area contributed by atoms with Crippen molar-refractivity contribution in [1.82, 2.24) is 0 Å². The third-order valence-electron chi connectivity index (χ3n) is 0. The van der Waals surface area contributed by atoms with Crippen LogP contribution in [-0.2, 0) is 6.97 Å². The SMILES string of the molecule is [Cl][Pd-]([Cl])([Cl])([Cl])([Cl])[Cl].[Na+]. The zero-order chi connectivity index (χ0) is 6.41. The fourth-order valence-electron chi connectivity index (χ4n) is 0. The van der Waals surface area contributed by atoms with Gasteiger partial charge in [-0.3, -0.25) is 0 Å². The molecule has 0 amide bonds. The molecule has 0 saturated heterocycles. The van der Waals surface area contributed by atoms with Crippen LogP contribution in [0.5, 0.6) is 0 Å². The largest absolute Gasteiger partial charge is 1.00 e. The Hall–Kier alpha value is 3.40. The molecular weight excluding hydrogens is 342 g/mol. The molecule has 0 atom stereocenters. The number of halogens is 6. The van der Waals surface area contributed by atoms with E-state index in [0.29, 0.717) is 0 Å². The summed E-state index contributed by atoms with van der Waals surface area (Å²) in [5.41, 5.74) is 0. The van der Waals surface area contributed by atoms with E-state index in [1.54, 1.807) is 0 Å². The minimum atomic E-state index is -5.08. The standard InChI is InChI=1S/6ClH.Na.Pd/h6*1H;;/q;;;;;;+1;+5/p-6. The normalized spacial score (nSPS) is 20.2. The van der Waals surface area contributed by atoms with Gasteiger partial charge in [-0.05, 0) is 0 Å². The molecule has 0 unspecified atom stereocenters. The van der Waals surface area contributed by atoms with E-state index in [-0.39, 0.29) is 29.6 Å².